The molecule has 0 N–H and O–H groups in total. The van der Waals surface area contributed by atoms with E-state index >= 15 is 0 Å². The minimum Gasteiger partial charge on any atom is -0.368 e. The molecule has 1 heterocycles. The van der Waals surface area contributed by atoms with Crippen LogP contribution in [0.15, 0.2) is 24.3 Å². The lowest BCUT2D eigenvalue weighted by Gasteiger charge is -2.29. The van der Waals surface area contributed by atoms with E-state index < -0.39 is 0 Å². The Hall–Kier alpha value is -1.31. The Morgan fingerprint density at radius 3 is 2.59 bits per heavy atom. The predicted octanol–water partition coefficient (Wildman–Crippen LogP) is 3.27. The van der Waals surface area contributed by atoms with Gasteiger partial charge in [0, 0.05) is 30.3 Å². The summed E-state index contributed by atoms with van der Waals surface area (Å²) in [6, 6.07) is 8.95. The fraction of sp³-hybridized carbons (Fsp3) is 0.533. The first-order valence-corrected chi connectivity index (χ1v) is 6.68. The summed E-state index contributed by atoms with van der Waals surface area (Å²) in [7, 11) is 0. The number of hydrogen-bond acceptors (Lipinski definition) is 2. The maximum atomic E-state index is 11.6. The van der Waals surface area contributed by atoms with E-state index in [2.05, 4.69) is 17.0 Å². The normalized spacial score (nSPS) is 26.5. The molecule has 1 aromatic rings. The van der Waals surface area contributed by atoms with E-state index in [1.165, 1.54) is 31.5 Å². The van der Waals surface area contributed by atoms with Crippen molar-refractivity contribution in [2.24, 2.45) is 5.92 Å². The van der Waals surface area contributed by atoms with E-state index in [0.717, 1.165) is 17.5 Å². The first-order chi connectivity index (χ1) is 8.28. The quantitative estimate of drug-likeness (QED) is 0.741. The van der Waals surface area contributed by atoms with Crippen LogP contribution in [0.5, 0.6) is 0 Å². The lowest BCUT2D eigenvalue weighted by atomic mass is 10.1. The largest absolute Gasteiger partial charge is 0.368 e. The highest BCUT2D eigenvalue weighted by molar-refractivity contribution is 5.96. The summed E-state index contributed by atoms with van der Waals surface area (Å²) in [6.45, 7) is 3.13. The number of Topliss-reactive ketones (excluding diaryl/α,β-unsaturated/α-hetero) is 1. The summed E-state index contributed by atoms with van der Waals surface area (Å²) < 4.78 is 0. The van der Waals surface area contributed by atoms with Gasteiger partial charge in [-0.05, 0) is 49.4 Å². The third kappa shape index (κ3) is 1.86. The van der Waals surface area contributed by atoms with Crippen molar-refractivity contribution in [1.82, 2.24) is 0 Å². The molecule has 1 saturated carbocycles. The van der Waals surface area contributed by atoms with E-state index in [1.54, 1.807) is 0 Å². The number of anilines is 1. The highest BCUT2D eigenvalue weighted by atomic mass is 16.1. The number of benzene rings is 1. The van der Waals surface area contributed by atoms with Crippen LogP contribution in [-0.2, 0) is 0 Å². The minimum atomic E-state index is 0.236. The highest BCUT2D eigenvalue weighted by Crippen LogP contribution is 2.40. The monoisotopic (exact) mass is 229 g/mol. The van der Waals surface area contributed by atoms with E-state index in [4.69, 9.17) is 0 Å². The highest BCUT2D eigenvalue weighted by Gasteiger charge is 2.37. The second-order valence-electron chi connectivity index (χ2n) is 5.31. The summed E-state index contributed by atoms with van der Waals surface area (Å²) in [5.41, 5.74) is 2.14. The van der Waals surface area contributed by atoms with Crippen molar-refractivity contribution in [2.45, 2.75) is 38.6 Å². The molecule has 90 valence electrons. The molecule has 2 bridgehead atoms. The molecule has 2 fully saturated rings. The van der Waals surface area contributed by atoms with Gasteiger partial charge in [-0.3, -0.25) is 4.79 Å². The van der Waals surface area contributed by atoms with Crippen LogP contribution in [-0.4, -0.2) is 18.4 Å². The standard InChI is InChI=1S/C15H19NO/c1-2-15(17)12-4-7-13(8-5-12)16-10-11-3-6-14(16)9-11/h4-5,7-8,11,14H,2-3,6,9-10H2,1H3. The van der Waals surface area contributed by atoms with Crippen LogP contribution in [0.25, 0.3) is 0 Å². The zero-order valence-corrected chi connectivity index (χ0v) is 10.4. The summed E-state index contributed by atoms with van der Waals surface area (Å²) >= 11 is 0. The van der Waals surface area contributed by atoms with Gasteiger partial charge in [-0.1, -0.05) is 6.92 Å². The molecule has 2 unspecified atom stereocenters. The molecule has 0 radical (unpaired) electrons. The smallest absolute Gasteiger partial charge is 0.162 e. The Balaban J connectivity index is 1.78. The van der Waals surface area contributed by atoms with Crippen LogP contribution < -0.4 is 4.90 Å². The van der Waals surface area contributed by atoms with Crippen LogP contribution in [0, 0.1) is 5.92 Å². The average Bonchev–Trinajstić information content (AvgIpc) is 3.00. The first-order valence-electron chi connectivity index (χ1n) is 6.68. The van der Waals surface area contributed by atoms with Crippen LogP contribution in [0.2, 0.25) is 0 Å². The molecule has 2 heteroatoms. The van der Waals surface area contributed by atoms with Crippen molar-refractivity contribution in [3.8, 4) is 0 Å². The molecule has 1 saturated heterocycles. The molecule has 1 aliphatic heterocycles. The van der Waals surface area contributed by atoms with Crippen LogP contribution in [0.4, 0.5) is 5.69 Å². The number of piperidine rings is 1. The Morgan fingerprint density at radius 1 is 1.29 bits per heavy atom. The number of ketones is 1. The molecule has 2 atom stereocenters. The number of carbonyl (C=O) groups is 1. The van der Waals surface area contributed by atoms with Crippen molar-refractivity contribution >= 4 is 11.5 Å². The number of carbonyl (C=O) groups excluding carboxylic acids is 1. The molecule has 2 nitrogen and oxygen atoms in total. The number of rotatable bonds is 3. The van der Waals surface area contributed by atoms with Gasteiger partial charge in [-0.25, -0.2) is 0 Å². The van der Waals surface area contributed by atoms with Crippen LogP contribution in [0.1, 0.15) is 43.0 Å². The second kappa shape index (κ2) is 4.17. The molecule has 0 amide bonds. The molecule has 17 heavy (non-hydrogen) atoms. The van der Waals surface area contributed by atoms with Crippen molar-refractivity contribution < 1.29 is 4.79 Å². The topological polar surface area (TPSA) is 20.3 Å². The van der Waals surface area contributed by atoms with E-state index in [0.29, 0.717) is 6.42 Å². The predicted molar refractivity (Wildman–Crippen MR) is 69.5 cm³/mol. The molecule has 2 aliphatic rings. The fourth-order valence-corrected chi connectivity index (χ4v) is 3.28. The third-order valence-electron chi connectivity index (χ3n) is 4.25. The van der Waals surface area contributed by atoms with E-state index in [-0.39, 0.29) is 5.78 Å². The Bertz CT molecular complexity index is 423. The van der Waals surface area contributed by atoms with Gasteiger partial charge < -0.3 is 4.90 Å². The average molecular weight is 229 g/mol. The zero-order valence-electron chi connectivity index (χ0n) is 10.4. The maximum absolute atomic E-state index is 11.6. The molecular weight excluding hydrogens is 210 g/mol. The maximum Gasteiger partial charge on any atom is 0.162 e. The molecule has 1 aliphatic carbocycles. The van der Waals surface area contributed by atoms with Gasteiger partial charge in [-0.2, -0.15) is 0 Å². The summed E-state index contributed by atoms with van der Waals surface area (Å²) in [4.78, 5) is 14.1. The van der Waals surface area contributed by atoms with Gasteiger partial charge in [0.1, 0.15) is 0 Å². The number of nitrogens with zero attached hydrogens (tertiary/aromatic N) is 1. The third-order valence-corrected chi connectivity index (χ3v) is 4.25. The zero-order chi connectivity index (χ0) is 11.8. The minimum absolute atomic E-state index is 0.236. The Labute approximate surface area is 103 Å². The SMILES string of the molecule is CCC(=O)c1ccc(N2CC3CCC2C3)cc1. The van der Waals surface area contributed by atoms with Gasteiger partial charge in [0.05, 0.1) is 0 Å². The van der Waals surface area contributed by atoms with Crippen LogP contribution in [0.3, 0.4) is 0 Å². The lowest BCUT2D eigenvalue weighted by Crippen LogP contribution is -2.31. The van der Waals surface area contributed by atoms with Crippen molar-refractivity contribution in [1.29, 1.82) is 0 Å². The first kappa shape index (κ1) is 10.8. The molecular formula is C15H19NO. The Kier molecular flexibility index (Phi) is 2.65. The van der Waals surface area contributed by atoms with Crippen LogP contribution >= 0.6 is 0 Å². The summed E-state index contributed by atoms with van der Waals surface area (Å²) in [5, 5.41) is 0. The van der Waals surface area contributed by atoms with Gasteiger partial charge in [0.25, 0.3) is 0 Å². The Morgan fingerprint density at radius 2 is 2.06 bits per heavy atom. The lowest BCUT2D eigenvalue weighted by molar-refractivity contribution is 0.0988. The summed E-state index contributed by atoms with van der Waals surface area (Å²) in [5.74, 6) is 1.15. The van der Waals surface area contributed by atoms with E-state index in [9.17, 15) is 4.79 Å². The van der Waals surface area contributed by atoms with Crippen molar-refractivity contribution in [3.63, 3.8) is 0 Å². The van der Waals surface area contributed by atoms with Gasteiger partial charge >= 0.3 is 0 Å². The van der Waals surface area contributed by atoms with Gasteiger partial charge in [0.2, 0.25) is 0 Å². The van der Waals surface area contributed by atoms with Crippen molar-refractivity contribution in [3.05, 3.63) is 29.8 Å². The van der Waals surface area contributed by atoms with Crippen molar-refractivity contribution in [2.75, 3.05) is 11.4 Å². The van der Waals surface area contributed by atoms with Gasteiger partial charge in [-0.15, -0.1) is 0 Å². The van der Waals surface area contributed by atoms with Gasteiger partial charge in [0.15, 0.2) is 5.78 Å². The second-order valence-corrected chi connectivity index (χ2v) is 5.31. The molecule has 0 spiro atoms. The van der Waals surface area contributed by atoms with E-state index in [1.807, 2.05) is 19.1 Å². The fourth-order valence-electron chi connectivity index (χ4n) is 3.28. The molecule has 0 aromatic heterocycles. The number of hydrogen-bond donors (Lipinski definition) is 0. The number of fused-ring (bicyclic) bond motifs is 2. The molecule has 3 rings (SSSR count). The molecule has 1 aromatic carbocycles. The summed E-state index contributed by atoms with van der Waals surface area (Å²) in [6.07, 6.45) is 4.72.